The molecule has 25 heavy (non-hydrogen) atoms. The van der Waals surface area contributed by atoms with Gasteiger partial charge in [0.15, 0.2) is 0 Å². The number of benzene rings is 2. The standard InChI is InChI=1S/C20H25N3O2/c1-22(20(25)21-17-7-9-19(24)10-8-17)18-11-13-23(14-12-18)15-16-5-3-2-4-6-16/h2-10,18,24H,11-15H2,1H3,(H,21,25). The molecular weight excluding hydrogens is 314 g/mol. The van der Waals surface area contributed by atoms with E-state index in [1.807, 2.05) is 13.1 Å². The van der Waals surface area contributed by atoms with Gasteiger partial charge in [-0.1, -0.05) is 30.3 Å². The van der Waals surface area contributed by atoms with Crippen molar-refractivity contribution in [3.63, 3.8) is 0 Å². The minimum absolute atomic E-state index is 0.104. The number of urea groups is 1. The number of carbonyl (C=O) groups is 1. The minimum Gasteiger partial charge on any atom is -0.508 e. The molecule has 132 valence electrons. The van der Waals surface area contributed by atoms with Crippen LogP contribution < -0.4 is 5.32 Å². The van der Waals surface area contributed by atoms with Gasteiger partial charge >= 0.3 is 6.03 Å². The highest BCUT2D eigenvalue weighted by Crippen LogP contribution is 2.19. The fraction of sp³-hybridized carbons (Fsp3) is 0.350. The monoisotopic (exact) mass is 339 g/mol. The lowest BCUT2D eigenvalue weighted by Crippen LogP contribution is -2.46. The molecule has 5 heteroatoms. The summed E-state index contributed by atoms with van der Waals surface area (Å²) >= 11 is 0. The minimum atomic E-state index is -0.104. The number of hydrogen-bond donors (Lipinski definition) is 2. The molecule has 0 spiro atoms. The first-order valence-electron chi connectivity index (χ1n) is 8.71. The summed E-state index contributed by atoms with van der Waals surface area (Å²) < 4.78 is 0. The Morgan fingerprint density at radius 1 is 1.12 bits per heavy atom. The number of amides is 2. The average molecular weight is 339 g/mol. The maximum atomic E-state index is 12.4. The van der Waals surface area contributed by atoms with Crippen LogP contribution in [0, 0.1) is 0 Å². The van der Waals surface area contributed by atoms with Crippen molar-refractivity contribution in [2.24, 2.45) is 0 Å². The van der Waals surface area contributed by atoms with E-state index in [1.165, 1.54) is 5.56 Å². The summed E-state index contributed by atoms with van der Waals surface area (Å²) in [4.78, 5) is 16.6. The van der Waals surface area contributed by atoms with Crippen LogP contribution in [-0.4, -0.2) is 47.1 Å². The molecule has 1 aliphatic heterocycles. The second-order valence-electron chi connectivity index (χ2n) is 6.58. The number of aromatic hydroxyl groups is 1. The molecule has 0 aliphatic carbocycles. The number of carbonyl (C=O) groups excluding carboxylic acids is 1. The van der Waals surface area contributed by atoms with E-state index in [9.17, 15) is 9.90 Å². The van der Waals surface area contributed by atoms with Crippen LogP contribution in [0.15, 0.2) is 54.6 Å². The van der Waals surface area contributed by atoms with Crippen molar-refractivity contribution in [1.82, 2.24) is 9.80 Å². The van der Waals surface area contributed by atoms with Crippen molar-refractivity contribution in [1.29, 1.82) is 0 Å². The van der Waals surface area contributed by atoms with E-state index in [0.717, 1.165) is 32.5 Å². The highest BCUT2D eigenvalue weighted by atomic mass is 16.3. The van der Waals surface area contributed by atoms with Crippen molar-refractivity contribution >= 4 is 11.7 Å². The van der Waals surface area contributed by atoms with Crippen LogP contribution >= 0.6 is 0 Å². The third-order valence-electron chi connectivity index (χ3n) is 4.79. The van der Waals surface area contributed by atoms with Gasteiger partial charge in [0, 0.05) is 38.4 Å². The van der Waals surface area contributed by atoms with Gasteiger partial charge < -0.3 is 15.3 Å². The summed E-state index contributed by atoms with van der Waals surface area (Å²) in [5.41, 5.74) is 2.02. The maximum absolute atomic E-state index is 12.4. The molecule has 2 aromatic rings. The molecule has 2 aromatic carbocycles. The third kappa shape index (κ3) is 4.73. The molecule has 0 saturated carbocycles. The van der Waals surface area contributed by atoms with Crippen molar-refractivity contribution in [3.8, 4) is 5.75 Å². The van der Waals surface area contributed by atoms with Crippen molar-refractivity contribution < 1.29 is 9.90 Å². The number of rotatable bonds is 4. The van der Waals surface area contributed by atoms with E-state index in [0.29, 0.717) is 5.69 Å². The van der Waals surface area contributed by atoms with Crippen molar-refractivity contribution in [2.75, 3.05) is 25.5 Å². The topological polar surface area (TPSA) is 55.8 Å². The normalized spacial score (nSPS) is 15.7. The molecule has 5 nitrogen and oxygen atoms in total. The number of hydrogen-bond acceptors (Lipinski definition) is 3. The van der Waals surface area contributed by atoms with E-state index >= 15 is 0 Å². The van der Waals surface area contributed by atoms with Crippen LogP contribution in [-0.2, 0) is 6.54 Å². The fourth-order valence-electron chi connectivity index (χ4n) is 3.23. The molecule has 0 unspecified atom stereocenters. The van der Waals surface area contributed by atoms with Gasteiger partial charge in [0.25, 0.3) is 0 Å². The molecule has 1 saturated heterocycles. The number of nitrogens with one attached hydrogen (secondary N) is 1. The summed E-state index contributed by atoms with van der Waals surface area (Å²) in [7, 11) is 1.85. The fourth-order valence-corrected chi connectivity index (χ4v) is 3.23. The van der Waals surface area contributed by atoms with Crippen molar-refractivity contribution in [3.05, 3.63) is 60.2 Å². The Labute approximate surface area is 148 Å². The zero-order valence-electron chi connectivity index (χ0n) is 14.6. The molecule has 0 atom stereocenters. The van der Waals surface area contributed by atoms with E-state index in [1.54, 1.807) is 29.2 Å². The summed E-state index contributed by atoms with van der Waals surface area (Å²) in [6.07, 6.45) is 1.96. The Bertz CT molecular complexity index is 680. The van der Waals surface area contributed by atoms with E-state index in [4.69, 9.17) is 0 Å². The molecular formula is C20H25N3O2. The highest BCUT2D eigenvalue weighted by Gasteiger charge is 2.25. The van der Waals surface area contributed by atoms with Crippen LogP contribution in [0.25, 0.3) is 0 Å². The third-order valence-corrected chi connectivity index (χ3v) is 4.79. The zero-order chi connectivity index (χ0) is 17.6. The molecule has 0 aromatic heterocycles. The molecule has 2 amide bonds. The molecule has 2 N–H and O–H groups in total. The van der Waals surface area contributed by atoms with Crippen LogP contribution in [0.3, 0.4) is 0 Å². The van der Waals surface area contributed by atoms with Crippen LogP contribution in [0.4, 0.5) is 10.5 Å². The zero-order valence-corrected chi connectivity index (χ0v) is 14.6. The highest BCUT2D eigenvalue weighted by molar-refractivity contribution is 5.89. The number of phenolic OH excluding ortho intramolecular Hbond substituents is 1. The van der Waals surface area contributed by atoms with Crippen LogP contribution in [0.5, 0.6) is 5.75 Å². The first-order valence-corrected chi connectivity index (χ1v) is 8.71. The Hall–Kier alpha value is -2.53. The quantitative estimate of drug-likeness (QED) is 0.838. The van der Waals surface area contributed by atoms with Gasteiger partial charge in [0.2, 0.25) is 0 Å². The average Bonchev–Trinajstić information content (AvgIpc) is 2.64. The first kappa shape index (κ1) is 17.3. The van der Waals surface area contributed by atoms with E-state index in [-0.39, 0.29) is 17.8 Å². The second-order valence-corrected chi connectivity index (χ2v) is 6.58. The largest absolute Gasteiger partial charge is 0.508 e. The Balaban J connectivity index is 1.48. The van der Waals surface area contributed by atoms with Gasteiger partial charge in [-0.05, 0) is 42.7 Å². The van der Waals surface area contributed by atoms with E-state index < -0.39 is 0 Å². The predicted octanol–water partition coefficient (Wildman–Crippen LogP) is 3.52. The number of likely N-dealkylation sites (tertiary alicyclic amines) is 1. The molecule has 1 heterocycles. The Morgan fingerprint density at radius 3 is 2.40 bits per heavy atom. The number of nitrogens with zero attached hydrogens (tertiary/aromatic N) is 2. The summed E-state index contributed by atoms with van der Waals surface area (Å²) in [6.45, 7) is 2.96. The smallest absolute Gasteiger partial charge is 0.321 e. The predicted molar refractivity (Wildman–Crippen MR) is 99.6 cm³/mol. The molecule has 1 aliphatic rings. The van der Waals surface area contributed by atoms with Gasteiger partial charge in [0.1, 0.15) is 5.75 Å². The maximum Gasteiger partial charge on any atom is 0.321 e. The number of piperidine rings is 1. The lowest BCUT2D eigenvalue weighted by Gasteiger charge is -2.36. The van der Waals surface area contributed by atoms with Gasteiger partial charge in [0.05, 0.1) is 0 Å². The number of phenols is 1. The second kappa shape index (κ2) is 8.03. The lowest BCUT2D eigenvalue weighted by molar-refractivity contribution is 0.137. The van der Waals surface area contributed by atoms with Crippen LogP contribution in [0.2, 0.25) is 0 Å². The van der Waals surface area contributed by atoms with Gasteiger partial charge in [-0.3, -0.25) is 4.90 Å². The summed E-state index contributed by atoms with van der Waals surface area (Å²) in [5, 5.41) is 12.2. The van der Waals surface area contributed by atoms with Crippen molar-refractivity contribution in [2.45, 2.75) is 25.4 Å². The van der Waals surface area contributed by atoms with Gasteiger partial charge in [-0.2, -0.15) is 0 Å². The summed E-state index contributed by atoms with van der Waals surface area (Å²) in [6, 6.07) is 17.2. The summed E-state index contributed by atoms with van der Waals surface area (Å²) in [5.74, 6) is 0.192. The lowest BCUT2D eigenvalue weighted by atomic mass is 10.0. The molecule has 3 rings (SSSR count). The SMILES string of the molecule is CN(C(=O)Nc1ccc(O)cc1)C1CCN(Cc2ccccc2)CC1. The van der Waals surface area contributed by atoms with Crippen LogP contribution in [0.1, 0.15) is 18.4 Å². The van der Waals surface area contributed by atoms with E-state index in [2.05, 4.69) is 34.5 Å². The number of anilines is 1. The first-order chi connectivity index (χ1) is 12.1. The Kier molecular flexibility index (Phi) is 5.56. The van der Waals surface area contributed by atoms with Gasteiger partial charge in [-0.15, -0.1) is 0 Å². The van der Waals surface area contributed by atoms with Gasteiger partial charge in [-0.25, -0.2) is 4.79 Å². The molecule has 0 bridgehead atoms. The Morgan fingerprint density at radius 2 is 1.76 bits per heavy atom. The molecule has 0 radical (unpaired) electrons. The molecule has 1 fully saturated rings.